The minimum atomic E-state index is -0.449. The molecule has 2 aromatic carbocycles. The molecule has 0 radical (unpaired) electrons. The van der Waals surface area contributed by atoms with Crippen LogP contribution in [0.4, 0.5) is 0 Å². The molecule has 2 heterocycles. The second-order valence-electron chi connectivity index (χ2n) is 6.51. The van der Waals surface area contributed by atoms with Gasteiger partial charge in [-0.3, -0.25) is 9.59 Å². The zero-order chi connectivity index (χ0) is 19.1. The molecule has 7 nitrogen and oxygen atoms in total. The SMILES string of the molecule is COc1c(C)c(O)c(C=O)c2c1C(=O)[C@H](Cc1ccc3c(c1)OCO3)CO2. The van der Waals surface area contributed by atoms with Gasteiger partial charge in [0.1, 0.15) is 22.8 Å². The van der Waals surface area contributed by atoms with Crippen LogP contribution in [-0.4, -0.2) is 37.7 Å². The van der Waals surface area contributed by atoms with Crippen LogP contribution in [0.2, 0.25) is 0 Å². The Labute approximate surface area is 155 Å². The summed E-state index contributed by atoms with van der Waals surface area (Å²) in [6.45, 7) is 1.88. The van der Waals surface area contributed by atoms with Gasteiger partial charge >= 0.3 is 0 Å². The van der Waals surface area contributed by atoms with E-state index < -0.39 is 5.92 Å². The highest BCUT2D eigenvalue weighted by Crippen LogP contribution is 2.45. The standard InChI is InChI=1S/C20H18O7/c1-10-17(22)13(7-21)20-16(19(10)24-2)18(23)12(8-25-20)5-11-3-4-14-15(6-11)27-9-26-14/h3-4,6-7,12,22H,5,8-9H2,1-2H3/t12-/m1/s1. The molecule has 0 aliphatic carbocycles. The maximum absolute atomic E-state index is 13.2. The van der Waals surface area contributed by atoms with Crippen LogP contribution in [0, 0.1) is 12.8 Å². The molecule has 0 saturated carbocycles. The molecule has 0 amide bonds. The van der Waals surface area contributed by atoms with Crippen LogP contribution in [0.15, 0.2) is 18.2 Å². The van der Waals surface area contributed by atoms with E-state index in [2.05, 4.69) is 0 Å². The van der Waals surface area contributed by atoms with E-state index in [4.69, 9.17) is 18.9 Å². The molecule has 1 atom stereocenters. The minimum absolute atomic E-state index is 0.0295. The van der Waals surface area contributed by atoms with E-state index in [0.29, 0.717) is 29.8 Å². The summed E-state index contributed by atoms with van der Waals surface area (Å²) in [6, 6.07) is 5.54. The number of benzene rings is 2. The van der Waals surface area contributed by atoms with Gasteiger partial charge in [0.15, 0.2) is 23.6 Å². The second kappa shape index (κ2) is 6.50. The van der Waals surface area contributed by atoms with E-state index in [9.17, 15) is 14.7 Å². The number of aromatic hydroxyl groups is 1. The van der Waals surface area contributed by atoms with E-state index in [1.807, 2.05) is 18.2 Å². The van der Waals surface area contributed by atoms with Crippen LogP contribution in [0.25, 0.3) is 0 Å². The lowest BCUT2D eigenvalue weighted by Crippen LogP contribution is -2.31. The molecule has 7 heteroatoms. The Hall–Kier alpha value is -3.22. The summed E-state index contributed by atoms with van der Waals surface area (Å²) in [4.78, 5) is 24.6. The van der Waals surface area contributed by atoms with Crippen molar-refractivity contribution < 1.29 is 33.6 Å². The van der Waals surface area contributed by atoms with E-state index >= 15 is 0 Å². The van der Waals surface area contributed by atoms with Gasteiger partial charge < -0.3 is 24.1 Å². The fraction of sp³-hybridized carbons (Fsp3) is 0.300. The number of carbonyl (C=O) groups excluding carboxylic acids is 2. The van der Waals surface area contributed by atoms with Crippen LogP contribution in [0.3, 0.4) is 0 Å². The molecule has 2 aromatic rings. The third kappa shape index (κ3) is 2.66. The summed E-state index contributed by atoms with van der Waals surface area (Å²) >= 11 is 0. The molecular weight excluding hydrogens is 352 g/mol. The highest BCUT2D eigenvalue weighted by Gasteiger charge is 2.36. The van der Waals surface area contributed by atoms with E-state index in [1.165, 1.54) is 7.11 Å². The van der Waals surface area contributed by atoms with Gasteiger partial charge in [-0.1, -0.05) is 6.07 Å². The summed E-state index contributed by atoms with van der Waals surface area (Å²) in [6.07, 6.45) is 0.931. The number of hydrogen-bond donors (Lipinski definition) is 1. The molecule has 4 rings (SSSR count). The van der Waals surface area contributed by atoms with Crippen molar-refractivity contribution in [3.05, 3.63) is 40.5 Å². The highest BCUT2D eigenvalue weighted by atomic mass is 16.7. The van der Waals surface area contributed by atoms with Gasteiger partial charge in [0, 0.05) is 5.56 Å². The normalized spacial score (nSPS) is 17.3. The fourth-order valence-corrected chi connectivity index (χ4v) is 3.55. The fourth-order valence-electron chi connectivity index (χ4n) is 3.55. The monoisotopic (exact) mass is 370 g/mol. The Kier molecular flexibility index (Phi) is 4.14. The molecule has 2 aliphatic rings. The van der Waals surface area contributed by atoms with Crippen molar-refractivity contribution in [3.8, 4) is 28.7 Å². The largest absolute Gasteiger partial charge is 0.507 e. The van der Waals surface area contributed by atoms with Crippen LogP contribution >= 0.6 is 0 Å². The van der Waals surface area contributed by atoms with Crippen molar-refractivity contribution in [1.82, 2.24) is 0 Å². The molecule has 0 spiro atoms. The number of phenolic OH excluding ortho intramolecular Hbond substituents is 1. The number of ketones is 1. The molecular formula is C20H18O7. The Morgan fingerprint density at radius 1 is 1.26 bits per heavy atom. The molecule has 0 fully saturated rings. The first-order valence-corrected chi connectivity index (χ1v) is 8.49. The number of Topliss-reactive ketones (excluding diaryl/α,β-unsaturated/α-hetero) is 1. The molecule has 27 heavy (non-hydrogen) atoms. The predicted molar refractivity (Wildman–Crippen MR) is 94.4 cm³/mol. The maximum Gasteiger partial charge on any atom is 0.231 e. The van der Waals surface area contributed by atoms with Crippen LogP contribution in [0.1, 0.15) is 31.8 Å². The first-order chi connectivity index (χ1) is 13.0. The second-order valence-corrected chi connectivity index (χ2v) is 6.51. The number of fused-ring (bicyclic) bond motifs is 2. The molecule has 0 unspecified atom stereocenters. The lowest BCUT2D eigenvalue weighted by Gasteiger charge is -2.28. The van der Waals surface area contributed by atoms with E-state index in [-0.39, 0.29) is 47.6 Å². The average molecular weight is 370 g/mol. The van der Waals surface area contributed by atoms with Crippen molar-refractivity contribution in [2.24, 2.45) is 5.92 Å². The summed E-state index contributed by atoms with van der Waals surface area (Å²) in [7, 11) is 1.41. The molecule has 0 saturated heterocycles. The molecule has 2 aliphatic heterocycles. The summed E-state index contributed by atoms with van der Waals surface area (Å²) in [5, 5.41) is 10.2. The van der Waals surface area contributed by atoms with E-state index in [0.717, 1.165) is 5.56 Å². The third-order valence-corrected chi connectivity index (χ3v) is 4.94. The molecule has 0 aromatic heterocycles. The first kappa shape index (κ1) is 17.2. The lowest BCUT2D eigenvalue weighted by atomic mass is 9.86. The lowest BCUT2D eigenvalue weighted by molar-refractivity contribution is 0.0823. The quantitative estimate of drug-likeness (QED) is 0.828. The summed E-state index contributed by atoms with van der Waals surface area (Å²) < 4.78 is 21.7. The smallest absolute Gasteiger partial charge is 0.231 e. The van der Waals surface area contributed by atoms with Gasteiger partial charge in [-0.15, -0.1) is 0 Å². The van der Waals surface area contributed by atoms with Crippen LogP contribution < -0.4 is 18.9 Å². The Morgan fingerprint density at radius 3 is 2.78 bits per heavy atom. The summed E-state index contributed by atoms with van der Waals surface area (Å²) in [5.74, 6) is 0.776. The van der Waals surface area contributed by atoms with Crippen LogP contribution in [-0.2, 0) is 6.42 Å². The first-order valence-electron chi connectivity index (χ1n) is 8.49. The highest BCUT2D eigenvalue weighted by molar-refractivity contribution is 6.07. The maximum atomic E-state index is 13.2. The number of phenols is 1. The van der Waals surface area contributed by atoms with Gasteiger partial charge in [0.25, 0.3) is 0 Å². The zero-order valence-corrected chi connectivity index (χ0v) is 14.9. The average Bonchev–Trinajstić information content (AvgIpc) is 3.13. The number of ether oxygens (including phenoxy) is 4. The Balaban J connectivity index is 1.70. The van der Waals surface area contributed by atoms with Gasteiger partial charge in [0.2, 0.25) is 6.79 Å². The van der Waals surface area contributed by atoms with Crippen molar-refractivity contribution in [3.63, 3.8) is 0 Å². The topological polar surface area (TPSA) is 91.3 Å². The number of carbonyl (C=O) groups is 2. The van der Waals surface area contributed by atoms with Gasteiger partial charge in [-0.2, -0.15) is 0 Å². The minimum Gasteiger partial charge on any atom is -0.507 e. The van der Waals surface area contributed by atoms with Gasteiger partial charge in [0.05, 0.1) is 25.2 Å². The van der Waals surface area contributed by atoms with Crippen LogP contribution in [0.5, 0.6) is 28.7 Å². The van der Waals surface area contributed by atoms with Crippen molar-refractivity contribution in [2.75, 3.05) is 20.5 Å². The summed E-state index contributed by atoms with van der Waals surface area (Å²) in [5.41, 5.74) is 1.42. The number of aldehydes is 1. The van der Waals surface area contributed by atoms with Gasteiger partial charge in [-0.05, 0) is 31.0 Å². The van der Waals surface area contributed by atoms with Crippen molar-refractivity contribution in [2.45, 2.75) is 13.3 Å². The molecule has 0 bridgehead atoms. The number of hydrogen-bond acceptors (Lipinski definition) is 7. The van der Waals surface area contributed by atoms with Gasteiger partial charge in [-0.25, -0.2) is 0 Å². The Bertz CT molecular complexity index is 948. The van der Waals surface area contributed by atoms with Crippen molar-refractivity contribution >= 4 is 12.1 Å². The van der Waals surface area contributed by atoms with E-state index in [1.54, 1.807) is 6.92 Å². The zero-order valence-electron chi connectivity index (χ0n) is 14.9. The number of rotatable bonds is 4. The third-order valence-electron chi connectivity index (χ3n) is 4.94. The Morgan fingerprint density at radius 2 is 2.04 bits per heavy atom. The predicted octanol–water partition coefficient (Wildman–Crippen LogP) is 2.68. The molecule has 140 valence electrons. The number of methoxy groups -OCH3 is 1. The molecule has 1 N–H and O–H groups in total. The van der Waals surface area contributed by atoms with Crippen molar-refractivity contribution in [1.29, 1.82) is 0 Å².